The Morgan fingerprint density at radius 3 is 2.57 bits per heavy atom. The van der Waals surface area contributed by atoms with Crippen LogP contribution >= 0.6 is 0 Å². The van der Waals surface area contributed by atoms with Gasteiger partial charge in [-0.25, -0.2) is 0 Å². The quantitative estimate of drug-likeness (QED) is 0.873. The number of benzene rings is 1. The molecule has 148 valence electrons. The van der Waals surface area contributed by atoms with Gasteiger partial charge in [-0.15, -0.1) is 0 Å². The molecule has 0 radical (unpaired) electrons. The minimum absolute atomic E-state index is 0.0131. The highest BCUT2D eigenvalue weighted by atomic mass is 16.3. The van der Waals surface area contributed by atoms with E-state index in [2.05, 4.69) is 30.3 Å². The molecule has 2 heterocycles. The molecule has 0 bridgehead atoms. The van der Waals surface area contributed by atoms with Crippen LogP contribution in [-0.4, -0.2) is 58.5 Å². The first-order valence-corrected chi connectivity index (χ1v) is 10.7. The molecule has 0 unspecified atom stereocenters. The Bertz CT molecular complexity index is 812. The Morgan fingerprint density at radius 2 is 1.93 bits per heavy atom. The normalized spacial score (nSPS) is 29.8. The van der Waals surface area contributed by atoms with E-state index in [0.29, 0.717) is 6.54 Å². The van der Waals surface area contributed by atoms with Crippen LogP contribution in [0.2, 0.25) is 0 Å². The van der Waals surface area contributed by atoms with Gasteiger partial charge in [0.05, 0.1) is 25.2 Å². The van der Waals surface area contributed by atoms with Gasteiger partial charge in [0, 0.05) is 18.4 Å². The second kappa shape index (κ2) is 7.03. The highest BCUT2D eigenvalue weighted by molar-refractivity contribution is 5.89. The minimum Gasteiger partial charge on any atom is -0.394 e. The monoisotopic (exact) mass is 380 g/mol. The van der Waals surface area contributed by atoms with Crippen molar-refractivity contribution in [3.63, 3.8) is 0 Å². The standard InChI is InChI=1S/C23H28N2O3/c26-14-20-22(17-8-6-16(7-9-17)15-4-2-1-3-5-15)19-12-24(13-21(27)25(19)20)23(28)18-10-11-18/h4,6-9,18-20,22,26H,1-3,5,10-14H2/t19-,20+,22+/m0/s1. The summed E-state index contributed by atoms with van der Waals surface area (Å²) in [4.78, 5) is 28.7. The molecule has 2 saturated heterocycles. The van der Waals surface area contributed by atoms with E-state index in [1.54, 1.807) is 4.90 Å². The molecule has 28 heavy (non-hydrogen) atoms. The molecular weight excluding hydrogens is 352 g/mol. The number of nitrogens with zero attached hydrogens (tertiary/aromatic N) is 2. The molecular formula is C23H28N2O3. The second-order valence-corrected chi connectivity index (χ2v) is 8.73. The fraction of sp³-hybridized carbons (Fsp3) is 0.565. The van der Waals surface area contributed by atoms with Crippen LogP contribution in [0.1, 0.15) is 55.6 Å². The molecule has 2 aliphatic heterocycles. The Labute approximate surface area is 166 Å². The highest BCUT2D eigenvalue weighted by Crippen LogP contribution is 2.44. The smallest absolute Gasteiger partial charge is 0.242 e. The number of aliphatic hydroxyl groups excluding tert-OH is 1. The fourth-order valence-electron chi connectivity index (χ4n) is 5.28. The average molecular weight is 380 g/mol. The van der Waals surface area contributed by atoms with Crippen molar-refractivity contribution >= 4 is 17.4 Å². The zero-order chi connectivity index (χ0) is 19.3. The SMILES string of the molecule is O=C(C1CC1)N1CC(=O)N2[C@H](CO)[C@H](c3ccc(C4=CCCCC4)cc3)[C@@H]2C1. The first-order valence-electron chi connectivity index (χ1n) is 10.7. The van der Waals surface area contributed by atoms with Gasteiger partial charge in [0.2, 0.25) is 11.8 Å². The van der Waals surface area contributed by atoms with Crippen LogP contribution < -0.4 is 0 Å². The number of rotatable bonds is 4. The topological polar surface area (TPSA) is 60.9 Å². The van der Waals surface area contributed by atoms with Crippen LogP contribution in [0.3, 0.4) is 0 Å². The van der Waals surface area contributed by atoms with Crippen molar-refractivity contribution in [3.8, 4) is 0 Å². The van der Waals surface area contributed by atoms with E-state index in [0.717, 1.165) is 31.2 Å². The summed E-state index contributed by atoms with van der Waals surface area (Å²) in [5.41, 5.74) is 3.88. The number of carbonyl (C=O) groups is 2. The van der Waals surface area contributed by atoms with Crippen molar-refractivity contribution in [2.45, 2.75) is 56.5 Å². The first kappa shape index (κ1) is 17.9. The molecule has 0 spiro atoms. The summed E-state index contributed by atoms with van der Waals surface area (Å²) in [6.07, 6.45) is 9.11. The maximum Gasteiger partial charge on any atom is 0.242 e. The van der Waals surface area contributed by atoms with E-state index < -0.39 is 0 Å². The van der Waals surface area contributed by atoms with Gasteiger partial charge in [-0.05, 0) is 55.2 Å². The van der Waals surface area contributed by atoms with Crippen LogP contribution in [0.25, 0.3) is 5.57 Å². The predicted octanol–water partition coefficient (Wildman–Crippen LogP) is 2.55. The summed E-state index contributed by atoms with van der Waals surface area (Å²) < 4.78 is 0. The van der Waals surface area contributed by atoms with E-state index in [1.165, 1.54) is 24.0 Å². The molecule has 5 rings (SSSR count). The van der Waals surface area contributed by atoms with Gasteiger partial charge >= 0.3 is 0 Å². The molecule has 3 atom stereocenters. The Hall–Kier alpha value is -2.14. The van der Waals surface area contributed by atoms with Crippen molar-refractivity contribution in [1.82, 2.24) is 9.80 Å². The van der Waals surface area contributed by atoms with Gasteiger partial charge in [-0.2, -0.15) is 0 Å². The van der Waals surface area contributed by atoms with E-state index in [1.807, 2.05) is 4.90 Å². The largest absolute Gasteiger partial charge is 0.394 e. The summed E-state index contributed by atoms with van der Waals surface area (Å²) in [6.45, 7) is 0.730. The van der Waals surface area contributed by atoms with E-state index in [-0.39, 0.29) is 48.9 Å². The third-order valence-electron chi connectivity index (χ3n) is 6.95. The highest BCUT2D eigenvalue weighted by Gasteiger charge is 2.55. The molecule has 5 heteroatoms. The maximum atomic E-state index is 12.6. The van der Waals surface area contributed by atoms with Crippen LogP contribution in [-0.2, 0) is 9.59 Å². The van der Waals surface area contributed by atoms with Crippen LogP contribution in [0.4, 0.5) is 0 Å². The Kier molecular flexibility index (Phi) is 4.50. The number of piperazine rings is 1. The molecule has 0 aromatic heterocycles. The molecule has 5 nitrogen and oxygen atoms in total. The number of hydrogen-bond donors (Lipinski definition) is 1. The molecule has 1 N–H and O–H groups in total. The third kappa shape index (κ3) is 2.96. The van der Waals surface area contributed by atoms with Crippen molar-refractivity contribution in [2.24, 2.45) is 5.92 Å². The van der Waals surface area contributed by atoms with Crippen molar-refractivity contribution in [1.29, 1.82) is 0 Å². The number of fused-ring (bicyclic) bond motifs is 1. The van der Waals surface area contributed by atoms with E-state index in [9.17, 15) is 14.7 Å². The molecule has 2 amide bonds. The second-order valence-electron chi connectivity index (χ2n) is 8.73. The van der Waals surface area contributed by atoms with Crippen molar-refractivity contribution in [3.05, 3.63) is 41.5 Å². The minimum atomic E-state index is -0.171. The third-order valence-corrected chi connectivity index (χ3v) is 6.95. The van der Waals surface area contributed by atoms with Gasteiger partial charge in [-0.3, -0.25) is 9.59 Å². The van der Waals surface area contributed by atoms with Crippen LogP contribution in [0.15, 0.2) is 30.3 Å². The number of allylic oxidation sites excluding steroid dienone is 2. The lowest BCUT2D eigenvalue weighted by Crippen LogP contribution is -2.73. The molecule has 2 aliphatic carbocycles. The molecule has 1 aromatic rings. The van der Waals surface area contributed by atoms with E-state index in [4.69, 9.17) is 0 Å². The van der Waals surface area contributed by atoms with Crippen LogP contribution in [0.5, 0.6) is 0 Å². The fourth-order valence-corrected chi connectivity index (χ4v) is 5.28. The number of amides is 2. The van der Waals surface area contributed by atoms with Gasteiger partial charge in [0.15, 0.2) is 0 Å². The predicted molar refractivity (Wildman–Crippen MR) is 106 cm³/mol. The molecule has 4 aliphatic rings. The zero-order valence-electron chi connectivity index (χ0n) is 16.2. The van der Waals surface area contributed by atoms with E-state index >= 15 is 0 Å². The first-order chi connectivity index (χ1) is 13.7. The van der Waals surface area contributed by atoms with Crippen LogP contribution in [0, 0.1) is 5.92 Å². The van der Waals surface area contributed by atoms with Crippen molar-refractivity contribution < 1.29 is 14.7 Å². The molecule has 1 saturated carbocycles. The van der Waals surface area contributed by atoms with Gasteiger partial charge in [0.25, 0.3) is 0 Å². The average Bonchev–Trinajstić information content (AvgIpc) is 3.55. The zero-order valence-corrected chi connectivity index (χ0v) is 16.2. The van der Waals surface area contributed by atoms with Gasteiger partial charge in [0.1, 0.15) is 0 Å². The summed E-state index contributed by atoms with van der Waals surface area (Å²) >= 11 is 0. The van der Waals surface area contributed by atoms with Crippen molar-refractivity contribution in [2.75, 3.05) is 19.7 Å². The maximum absolute atomic E-state index is 12.6. The van der Waals surface area contributed by atoms with Gasteiger partial charge in [-0.1, -0.05) is 30.3 Å². The van der Waals surface area contributed by atoms with Gasteiger partial charge < -0.3 is 14.9 Å². The summed E-state index contributed by atoms with van der Waals surface area (Å²) in [7, 11) is 0. The lowest BCUT2D eigenvalue weighted by molar-refractivity contribution is -0.167. The lowest BCUT2D eigenvalue weighted by Gasteiger charge is -2.58. The number of hydrogen-bond acceptors (Lipinski definition) is 3. The number of aliphatic hydroxyl groups is 1. The molecule has 3 fully saturated rings. The molecule has 1 aromatic carbocycles. The summed E-state index contributed by atoms with van der Waals surface area (Å²) in [5.74, 6) is 0.344. The number of carbonyl (C=O) groups excluding carboxylic acids is 2. The Balaban J connectivity index is 1.36. The summed E-state index contributed by atoms with van der Waals surface area (Å²) in [6, 6.07) is 8.49. The Morgan fingerprint density at radius 1 is 1.14 bits per heavy atom. The lowest BCUT2D eigenvalue weighted by atomic mass is 9.73. The summed E-state index contributed by atoms with van der Waals surface area (Å²) in [5, 5.41) is 9.92.